The first-order valence-electron chi connectivity index (χ1n) is 8.75. The molecule has 3 aromatic rings. The van der Waals surface area contributed by atoms with Crippen LogP contribution in [0.15, 0.2) is 47.3 Å². The molecule has 1 amide bonds. The molecular weight excluding hydrogens is 421 g/mol. The zero-order valence-electron chi connectivity index (χ0n) is 15.4. The van der Waals surface area contributed by atoms with Gasteiger partial charge in [0.2, 0.25) is 5.88 Å². The van der Waals surface area contributed by atoms with Crippen LogP contribution in [0, 0.1) is 0 Å². The van der Waals surface area contributed by atoms with Crippen molar-refractivity contribution in [1.29, 1.82) is 0 Å². The first-order valence-corrected chi connectivity index (χ1v) is 9.57. The molecule has 0 fully saturated rings. The third-order valence-electron chi connectivity index (χ3n) is 4.39. The Balaban J connectivity index is 1.74. The summed E-state index contributed by atoms with van der Waals surface area (Å²) in [5, 5.41) is 21.9. The first-order chi connectivity index (χ1) is 14.2. The maximum Gasteiger partial charge on any atom is 0.416 e. The lowest BCUT2D eigenvalue weighted by Crippen LogP contribution is -2.24. The molecule has 10 heteroatoms. The van der Waals surface area contributed by atoms with Crippen LogP contribution in [-0.4, -0.2) is 21.1 Å². The second-order valence-electron chi connectivity index (χ2n) is 6.49. The molecule has 30 heavy (non-hydrogen) atoms. The van der Waals surface area contributed by atoms with Crippen molar-refractivity contribution in [2.24, 2.45) is 0 Å². The summed E-state index contributed by atoms with van der Waals surface area (Å²) in [4.78, 5) is 26.2. The third-order valence-corrected chi connectivity index (χ3v) is 5.26. The average molecular weight is 438 g/mol. The van der Waals surface area contributed by atoms with Crippen LogP contribution in [0.4, 0.5) is 13.2 Å². The van der Waals surface area contributed by atoms with Gasteiger partial charge >= 0.3 is 11.0 Å². The predicted octanol–water partition coefficient (Wildman–Crippen LogP) is 3.17. The van der Waals surface area contributed by atoms with Crippen molar-refractivity contribution >= 4 is 17.2 Å². The van der Waals surface area contributed by atoms with Crippen LogP contribution in [0.25, 0.3) is 0 Å². The summed E-state index contributed by atoms with van der Waals surface area (Å²) < 4.78 is 37.9. The monoisotopic (exact) mass is 438 g/mol. The number of halogens is 3. The molecule has 0 aliphatic carbocycles. The minimum Gasteiger partial charge on any atom is -0.494 e. The molecule has 0 saturated carbocycles. The number of aromatic amines is 1. The van der Waals surface area contributed by atoms with Crippen LogP contribution in [0.1, 0.15) is 37.5 Å². The molecule has 158 valence electrons. The average Bonchev–Trinajstić information content (AvgIpc) is 3.02. The largest absolute Gasteiger partial charge is 0.494 e. The molecule has 0 aliphatic heterocycles. The van der Waals surface area contributed by atoms with Gasteiger partial charge in [0.15, 0.2) is 0 Å². The standard InChI is InChI=1S/C20H17F3N2O4S/c21-20(22,23)14-5-2-11(3-6-14)9-24-17(27)15-7-12(1-4-13(15)10-26)8-16-18(28)25-19(29)30-16/h1-7,26,28H,8-10H2,(H,24,27)(H,25,29). The van der Waals surface area contributed by atoms with Gasteiger partial charge in [-0.05, 0) is 34.9 Å². The summed E-state index contributed by atoms with van der Waals surface area (Å²) in [5.74, 6) is -0.739. The van der Waals surface area contributed by atoms with E-state index >= 15 is 0 Å². The van der Waals surface area contributed by atoms with Crippen LogP contribution >= 0.6 is 11.3 Å². The number of H-pyrrole nitrogens is 1. The number of amides is 1. The summed E-state index contributed by atoms with van der Waals surface area (Å²) in [7, 11) is 0. The van der Waals surface area contributed by atoms with Crippen molar-refractivity contribution in [3.63, 3.8) is 0 Å². The summed E-state index contributed by atoms with van der Waals surface area (Å²) in [5.41, 5.74) is 0.917. The lowest BCUT2D eigenvalue weighted by molar-refractivity contribution is -0.137. The van der Waals surface area contributed by atoms with Crippen molar-refractivity contribution in [2.45, 2.75) is 25.7 Å². The molecule has 0 saturated heterocycles. The second kappa shape index (κ2) is 8.72. The van der Waals surface area contributed by atoms with Crippen LogP contribution in [0.3, 0.4) is 0 Å². The van der Waals surface area contributed by atoms with E-state index in [1.807, 2.05) is 0 Å². The normalized spacial score (nSPS) is 11.5. The molecule has 0 aliphatic rings. The highest BCUT2D eigenvalue weighted by molar-refractivity contribution is 7.09. The molecule has 2 aromatic carbocycles. The van der Waals surface area contributed by atoms with E-state index in [-0.39, 0.29) is 31.0 Å². The smallest absolute Gasteiger partial charge is 0.416 e. The maximum atomic E-state index is 12.6. The van der Waals surface area contributed by atoms with Crippen molar-refractivity contribution < 1.29 is 28.2 Å². The lowest BCUT2D eigenvalue weighted by atomic mass is 10.0. The molecule has 4 N–H and O–H groups in total. The van der Waals surface area contributed by atoms with Crippen molar-refractivity contribution in [1.82, 2.24) is 10.3 Å². The van der Waals surface area contributed by atoms with Gasteiger partial charge in [-0.15, -0.1) is 0 Å². The Bertz CT molecular complexity index is 1100. The number of aromatic nitrogens is 1. The second-order valence-corrected chi connectivity index (χ2v) is 7.56. The number of hydrogen-bond donors (Lipinski definition) is 4. The number of thiazole rings is 1. The van der Waals surface area contributed by atoms with Gasteiger partial charge in [-0.25, -0.2) is 0 Å². The topological polar surface area (TPSA) is 102 Å². The number of aliphatic hydroxyl groups is 1. The molecule has 0 unspecified atom stereocenters. The molecule has 0 atom stereocenters. The fourth-order valence-electron chi connectivity index (χ4n) is 2.83. The van der Waals surface area contributed by atoms with Gasteiger partial charge < -0.3 is 15.5 Å². The molecule has 0 bridgehead atoms. The molecule has 6 nitrogen and oxygen atoms in total. The van der Waals surface area contributed by atoms with E-state index in [1.165, 1.54) is 18.2 Å². The van der Waals surface area contributed by atoms with E-state index in [4.69, 9.17) is 0 Å². The zero-order chi connectivity index (χ0) is 21.9. The summed E-state index contributed by atoms with van der Waals surface area (Å²) >= 11 is 0.853. The Morgan fingerprint density at radius 2 is 1.77 bits per heavy atom. The van der Waals surface area contributed by atoms with E-state index in [9.17, 15) is 33.0 Å². The first kappa shape index (κ1) is 21.6. The van der Waals surface area contributed by atoms with E-state index < -0.39 is 22.5 Å². The Morgan fingerprint density at radius 1 is 1.10 bits per heavy atom. The van der Waals surface area contributed by atoms with E-state index in [0.717, 1.165) is 23.5 Å². The van der Waals surface area contributed by atoms with Crippen molar-refractivity contribution in [3.05, 3.63) is 84.8 Å². The van der Waals surface area contributed by atoms with E-state index in [0.29, 0.717) is 21.6 Å². The summed E-state index contributed by atoms with van der Waals surface area (Å²) in [6.45, 7) is -0.377. The van der Waals surface area contributed by atoms with Crippen molar-refractivity contribution in [3.8, 4) is 5.88 Å². The molecule has 1 heterocycles. The SMILES string of the molecule is O=C(NCc1ccc(C(F)(F)F)cc1)c1cc(Cc2sc(=O)[nH]c2O)ccc1CO. The number of carbonyl (C=O) groups is 1. The summed E-state index contributed by atoms with van der Waals surface area (Å²) in [6, 6.07) is 9.21. The number of aromatic hydroxyl groups is 1. The van der Waals surface area contributed by atoms with Gasteiger partial charge in [0.1, 0.15) is 0 Å². The Morgan fingerprint density at radius 3 is 2.33 bits per heavy atom. The molecule has 1 aromatic heterocycles. The highest BCUT2D eigenvalue weighted by atomic mass is 32.1. The van der Waals surface area contributed by atoms with E-state index in [2.05, 4.69) is 10.3 Å². The number of aliphatic hydroxyl groups excluding tert-OH is 1. The maximum absolute atomic E-state index is 12.6. The van der Waals surface area contributed by atoms with Crippen LogP contribution in [0.2, 0.25) is 0 Å². The number of nitrogens with one attached hydrogen (secondary N) is 2. The van der Waals surface area contributed by atoms with Gasteiger partial charge in [-0.3, -0.25) is 14.6 Å². The van der Waals surface area contributed by atoms with Crippen LogP contribution in [0.5, 0.6) is 5.88 Å². The zero-order valence-corrected chi connectivity index (χ0v) is 16.2. The van der Waals surface area contributed by atoms with Gasteiger partial charge in [0.25, 0.3) is 5.91 Å². The number of rotatable bonds is 6. The van der Waals surface area contributed by atoms with Gasteiger partial charge in [-0.1, -0.05) is 35.6 Å². The fraction of sp³-hybridized carbons (Fsp3) is 0.200. The molecular formula is C20H17F3N2O4S. The Hall–Kier alpha value is -3.11. The van der Waals surface area contributed by atoms with Crippen molar-refractivity contribution in [2.75, 3.05) is 0 Å². The predicted molar refractivity (Wildman–Crippen MR) is 104 cm³/mol. The molecule has 0 radical (unpaired) electrons. The van der Waals surface area contributed by atoms with Crippen LogP contribution in [-0.2, 0) is 25.7 Å². The minimum absolute atomic E-state index is 0.00623. The number of benzene rings is 2. The lowest BCUT2D eigenvalue weighted by Gasteiger charge is -2.12. The van der Waals surface area contributed by atoms with E-state index in [1.54, 1.807) is 12.1 Å². The summed E-state index contributed by atoms with van der Waals surface area (Å²) in [6.07, 6.45) is -4.22. The third kappa shape index (κ3) is 5.08. The van der Waals surface area contributed by atoms with Gasteiger partial charge in [0, 0.05) is 18.5 Å². The molecule has 3 rings (SSSR count). The van der Waals surface area contributed by atoms with Gasteiger partial charge in [0.05, 0.1) is 17.0 Å². The minimum atomic E-state index is -4.43. The fourth-order valence-corrected chi connectivity index (χ4v) is 3.59. The quantitative estimate of drug-likeness (QED) is 0.475. The number of hydrogen-bond acceptors (Lipinski definition) is 5. The Labute approximate surface area is 172 Å². The number of carbonyl (C=O) groups excluding carboxylic acids is 1. The number of alkyl halides is 3. The van der Waals surface area contributed by atoms with Crippen LogP contribution < -0.4 is 10.2 Å². The highest BCUT2D eigenvalue weighted by Gasteiger charge is 2.29. The molecule has 0 spiro atoms. The highest BCUT2D eigenvalue weighted by Crippen LogP contribution is 2.29. The Kier molecular flexibility index (Phi) is 6.28. The van der Waals surface area contributed by atoms with Gasteiger partial charge in [-0.2, -0.15) is 13.2 Å².